The highest BCUT2D eigenvalue weighted by molar-refractivity contribution is 6.25. The Morgan fingerprint density at radius 1 is 0.309 bits per heavy atom. The van der Waals surface area contributed by atoms with E-state index >= 15 is 0 Å². The normalized spacial score (nSPS) is 14.9. The van der Waals surface area contributed by atoms with Gasteiger partial charge in [-0.15, -0.1) is 0 Å². The third-order valence-corrected chi connectivity index (χ3v) is 10.4. The topological polar surface area (TPSA) is 13.1 Å². The van der Waals surface area contributed by atoms with E-state index in [-0.39, 0.29) is 49.4 Å². The number of furan rings is 1. The fraction of sp³-hybridized carbons (Fsp3) is 0. The third kappa shape index (κ3) is 4.94. The maximum Gasteiger partial charge on any atom is 0.136 e. The second-order valence-electron chi connectivity index (χ2n) is 13.3. The van der Waals surface area contributed by atoms with Gasteiger partial charge in [0.25, 0.3) is 0 Å². The van der Waals surface area contributed by atoms with Gasteiger partial charge < -0.3 is 4.42 Å². The second-order valence-corrected chi connectivity index (χ2v) is 13.3. The average molecular weight is 712 g/mol. The van der Waals surface area contributed by atoms with Crippen molar-refractivity contribution in [1.82, 2.24) is 0 Å². The van der Waals surface area contributed by atoms with Crippen molar-refractivity contribution in [2.24, 2.45) is 0 Å². The van der Waals surface area contributed by atoms with Crippen LogP contribution in [0.5, 0.6) is 0 Å². The van der Waals surface area contributed by atoms with E-state index in [1.54, 1.807) is 48.5 Å². The highest BCUT2D eigenvalue weighted by Crippen LogP contribution is 2.50. The van der Waals surface area contributed by atoms with Crippen molar-refractivity contribution in [3.05, 3.63) is 206 Å². The van der Waals surface area contributed by atoms with Gasteiger partial charge in [0.15, 0.2) is 0 Å². The smallest absolute Gasteiger partial charge is 0.136 e. The molecule has 0 radical (unpaired) electrons. The second kappa shape index (κ2) is 12.7. The minimum absolute atomic E-state index is 0.0123. The lowest BCUT2D eigenvalue weighted by atomic mass is 9.81. The molecule has 1 aromatic heterocycles. The van der Waals surface area contributed by atoms with Crippen LogP contribution in [0, 0.1) is 0 Å². The van der Waals surface area contributed by atoms with Crippen molar-refractivity contribution in [1.29, 1.82) is 0 Å². The summed E-state index contributed by atoms with van der Waals surface area (Å²) in [6.07, 6.45) is 0. The van der Waals surface area contributed by atoms with E-state index < -0.39 is 78.6 Å². The van der Waals surface area contributed by atoms with Crippen LogP contribution in [0.15, 0.2) is 210 Å². The SMILES string of the molecule is [2H]c1c([2H])c([2H])c(-c2c(-c3c4c([2H])c([2H])c([2H])c([2H])c4c(-c4ccccc4-c4ccccc4-c4cccc5oc6ccccc6c45)c4c([2H])c([2H])c([2H])c([2H])c34)ccc3ccccc23)c([2H])c1[2H]. The number of benzene rings is 10. The summed E-state index contributed by atoms with van der Waals surface area (Å²) in [7, 11) is 0. The van der Waals surface area contributed by atoms with Gasteiger partial charge in [-0.3, -0.25) is 0 Å². The van der Waals surface area contributed by atoms with Gasteiger partial charge in [-0.2, -0.15) is 0 Å². The quantitative estimate of drug-likeness (QED) is 0.162. The van der Waals surface area contributed by atoms with E-state index in [1.165, 1.54) is 0 Å². The first-order valence-corrected chi connectivity index (χ1v) is 17.9. The van der Waals surface area contributed by atoms with Crippen LogP contribution >= 0.6 is 0 Å². The molecule has 0 bridgehead atoms. The summed E-state index contributed by atoms with van der Waals surface area (Å²) in [5.74, 6) is 0. The van der Waals surface area contributed by atoms with Crippen LogP contribution in [0.1, 0.15) is 17.8 Å². The predicted octanol–water partition coefficient (Wildman–Crippen LogP) is 15.4. The Hall–Kier alpha value is -7.22. The standard InChI is InChI=1S/C54H34O/c1-2-18-36(19-3-1)51-37-20-5-4-17-35(37)33-34-48(51)53-45-27-12-10-25-43(45)52(44-26-11-13-28-46(44)53)41-24-9-8-22-39(41)38-21-6-7-23-40(38)42-30-16-32-50-54(42)47-29-14-15-31-49(47)55-50/h1-34H/i1D,2D,3D,10D,11D,12D,13D,18D,19D,25D,26D,27D,28D. The Bertz CT molecular complexity index is 3920. The fourth-order valence-corrected chi connectivity index (χ4v) is 8.18. The van der Waals surface area contributed by atoms with Gasteiger partial charge in [0.05, 0.1) is 17.8 Å². The fourth-order valence-electron chi connectivity index (χ4n) is 8.18. The largest absolute Gasteiger partial charge is 0.456 e. The molecule has 0 N–H and O–H groups in total. The molecule has 0 aliphatic rings. The van der Waals surface area contributed by atoms with Crippen LogP contribution in [0.25, 0.3) is 110 Å². The molecule has 11 aromatic rings. The molecular formula is C54H34O. The summed E-state index contributed by atoms with van der Waals surface area (Å²) < 4.78 is 126. The van der Waals surface area contributed by atoms with Gasteiger partial charge in [0.1, 0.15) is 11.2 Å². The molecule has 0 amide bonds. The van der Waals surface area contributed by atoms with Gasteiger partial charge in [0.2, 0.25) is 0 Å². The van der Waals surface area contributed by atoms with E-state index in [9.17, 15) is 8.22 Å². The van der Waals surface area contributed by atoms with E-state index in [2.05, 4.69) is 0 Å². The van der Waals surface area contributed by atoms with Crippen LogP contribution in [-0.2, 0) is 0 Å². The number of hydrogen-bond donors (Lipinski definition) is 0. The lowest BCUT2D eigenvalue weighted by molar-refractivity contribution is 0.669. The highest BCUT2D eigenvalue weighted by atomic mass is 16.3. The zero-order chi connectivity index (χ0) is 47.6. The van der Waals surface area contributed by atoms with Crippen molar-refractivity contribution in [2.75, 3.05) is 0 Å². The first kappa shape index (κ1) is 20.9. The van der Waals surface area contributed by atoms with Crippen LogP contribution in [0.4, 0.5) is 0 Å². The average Bonchev–Trinajstić information content (AvgIpc) is 3.75. The first-order chi connectivity index (χ1) is 32.7. The maximum atomic E-state index is 9.74. The zero-order valence-corrected chi connectivity index (χ0v) is 29.0. The van der Waals surface area contributed by atoms with E-state index in [0.29, 0.717) is 27.5 Å². The molecule has 1 heteroatoms. The monoisotopic (exact) mass is 711 g/mol. The van der Waals surface area contributed by atoms with Crippen molar-refractivity contribution >= 4 is 54.3 Å². The molecule has 10 aromatic carbocycles. The lowest BCUT2D eigenvalue weighted by Gasteiger charge is -2.22. The van der Waals surface area contributed by atoms with Crippen LogP contribution < -0.4 is 0 Å². The molecule has 55 heavy (non-hydrogen) atoms. The van der Waals surface area contributed by atoms with Crippen molar-refractivity contribution in [3.63, 3.8) is 0 Å². The number of hydrogen-bond acceptors (Lipinski definition) is 1. The van der Waals surface area contributed by atoms with Crippen LogP contribution in [0.2, 0.25) is 0 Å². The summed E-state index contributed by atoms with van der Waals surface area (Å²) in [5.41, 5.74) is 5.04. The predicted molar refractivity (Wildman–Crippen MR) is 233 cm³/mol. The Balaban J connectivity index is 1.35. The molecule has 0 unspecified atom stereocenters. The van der Waals surface area contributed by atoms with Gasteiger partial charge in [-0.05, 0) is 100 Å². The van der Waals surface area contributed by atoms with Crippen molar-refractivity contribution in [2.45, 2.75) is 0 Å². The summed E-state index contributed by atoms with van der Waals surface area (Å²) in [4.78, 5) is 0. The molecule has 0 atom stereocenters. The lowest BCUT2D eigenvalue weighted by Crippen LogP contribution is -1.95. The third-order valence-electron chi connectivity index (χ3n) is 10.4. The summed E-state index contributed by atoms with van der Waals surface area (Å²) >= 11 is 0. The van der Waals surface area contributed by atoms with Crippen LogP contribution in [0.3, 0.4) is 0 Å². The number of para-hydroxylation sites is 1. The van der Waals surface area contributed by atoms with Crippen molar-refractivity contribution < 1.29 is 22.2 Å². The summed E-state index contributed by atoms with van der Waals surface area (Å²) in [6.45, 7) is 0. The van der Waals surface area contributed by atoms with Crippen LogP contribution in [-0.4, -0.2) is 0 Å². The Kier molecular flexibility index (Phi) is 4.83. The minimum Gasteiger partial charge on any atom is -0.456 e. The van der Waals surface area contributed by atoms with Gasteiger partial charge in [-0.25, -0.2) is 0 Å². The van der Waals surface area contributed by atoms with E-state index in [4.69, 9.17) is 14.0 Å². The van der Waals surface area contributed by atoms with Gasteiger partial charge >= 0.3 is 0 Å². The highest BCUT2D eigenvalue weighted by Gasteiger charge is 2.23. The van der Waals surface area contributed by atoms with E-state index in [0.717, 1.165) is 33.0 Å². The zero-order valence-electron chi connectivity index (χ0n) is 42.0. The molecule has 256 valence electrons. The molecular weight excluding hydrogens is 665 g/mol. The van der Waals surface area contributed by atoms with Gasteiger partial charge in [-0.1, -0.05) is 194 Å². The molecule has 0 spiro atoms. The Morgan fingerprint density at radius 2 is 0.800 bits per heavy atom. The molecule has 0 aliphatic heterocycles. The molecule has 11 rings (SSSR count). The maximum absolute atomic E-state index is 9.74. The molecule has 1 heterocycles. The van der Waals surface area contributed by atoms with E-state index in [1.807, 2.05) is 78.9 Å². The number of fused-ring (bicyclic) bond motifs is 6. The first-order valence-electron chi connectivity index (χ1n) is 24.4. The van der Waals surface area contributed by atoms with Crippen molar-refractivity contribution in [3.8, 4) is 55.6 Å². The Labute approximate surface area is 337 Å². The Morgan fingerprint density at radius 3 is 1.49 bits per heavy atom. The molecule has 0 saturated carbocycles. The minimum atomic E-state index is -0.607. The summed E-state index contributed by atoms with van der Waals surface area (Å²) in [5, 5.41) is 2.65. The molecule has 0 saturated heterocycles. The molecule has 1 nitrogen and oxygen atoms in total. The summed E-state index contributed by atoms with van der Waals surface area (Å²) in [6, 6.07) is 31.9. The molecule has 0 fully saturated rings. The van der Waals surface area contributed by atoms with Gasteiger partial charge in [0, 0.05) is 10.8 Å². The number of rotatable bonds is 5. The molecule has 0 aliphatic carbocycles.